The molecule has 0 radical (unpaired) electrons. The van der Waals surface area contributed by atoms with Gasteiger partial charge in [-0.2, -0.15) is 0 Å². The first-order valence-corrected chi connectivity index (χ1v) is 62.1. The Morgan fingerprint density at radius 2 is 0.351 bits per heavy atom. The van der Waals surface area contributed by atoms with Crippen LogP contribution in [0.4, 0.5) is 0 Å². The van der Waals surface area contributed by atoms with Crippen molar-refractivity contribution < 1.29 is 153 Å². The Balaban J connectivity index is 0. The van der Waals surface area contributed by atoms with Crippen LogP contribution in [0.25, 0.3) is 0 Å². The molecule has 0 heterocycles. The Hall–Kier alpha value is 0.198. The highest BCUT2D eigenvalue weighted by atomic mass is 28.5. The van der Waals surface area contributed by atoms with Crippen molar-refractivity contribution >= 4 is 59.4 Å². The molecule has 0 aromatic carbocycles. The molecule has 0 bridgehead atoms. The van der Waals surface area contributed by atoms with Crippen LogP contribution >= 0.6 is 0 Å². The van der Waals surface area contributed by atoms with Crippen molar-refractivity contribution in [2.75, 3.05) is 304 Å². The molecule has 5 unspecified atom stereocenters. The van der Waals surface area contributed by atoms with Gasteiger partial charge in [0.1, 0.15) is 13.2 Å². The predicted octanol–water partition coefficient (Wildman–Crippen LogP) is 8.94. The Kier molecular flexibility index (Phi) is 78.3. The molecule has 0 aliphatic carbocycles. The summed E-state index contributed by atoms with van der Waals surface area (Å²) in [6, 6.07) is 0. The third kappa shape index (κ3) is 91.4. The van der Waals surface area contributed by atoms with E-state index >= 15 is 0 Å². The van der Waals surface area contributed by atoms with Gasteiger partial charge in [0.25, 0.3) is 0 Å². The molecule has 0 aromatic heterocycles. The molecule has 5 atom stereocenters. The molecule has 0 aliphatic rings. The predicted molar refractivity (Wildman–Crippen MR) is 453 cm³/mol. The van der Waals surface area contributed by atoms with E-state index in [2.05, 4.69) is 105 Å². The Morgan fingerprint density at radius 3 is 0.535 bits per heavy atom. The van der Waals surface area contributed by atoms with E-state index < -0.39 is 59.4 Å². The normalized spacial score (nSPS) is 14.2. The SMILES string of the molecule is CCCOC(C)COC(C)COC(C)COC(C)COOCC(C)OCCOCCOCCOCCOCCOCCOCCOCCOCCOCCOCCOCCOCCOCCOCCOCCOCCOCCOCCOCCO.C[Si](C)(C)O[Si](C)(C)O[Si](C)(O[Si](C)(C)O[Si](C)(C)C)O[Si](C)(C)O[Si](C)(C)C. The third-order valence-electron chi connectivity index (χ3n) is 13.7. The zero-order valence-electron chi connectivity index (χ0n) is 75.1. The molecule has 0 aromatic rings. The second kappa shape index (κ2) is 76.8. The van der Waals surface area contributed by atoms with Gasteiger partial charge in [-0.15, -0.1) is 0 Å². The van der Waals surface area contributed by atoms with Crippen LogP contribution in [-0.2, 0) is 148 Å². The second-order valence-electron chi connectivity index (χ2n) is 30.7. The lowest BCUT2D eigenvalue weighted by Gasteiger charge is -2.45. The van der Waals surface area contributed by atoms with E-state index in [1.807, 2.05) is 41.2 Å². The molecule has 0 amide bonds. The number of rotatable bonds is 89. The summed E-state index contributed by atoms with van der Waals surface area (Å²) >= 11 is 0. The molecule has 0 fully saturated rings. The van der Waals surface area contributed by atoms with E-state index in [-0.39, 0.29) is 43.7 Å². The lowest BCUT2D eigenvalue weighted by atomic mass is 10.3. The fraction of sp³-hybridized carbons (Fsp3) is 1.00. The van der Waals surface area contributed by atoms with Gasteiger partial charge in [0.05, 0.1) is 315 Å². The van der Waals surface area contributed by atoms with E-state index in [0.29, 0.717) is 284 Å². The van der Waals surface area contributed by atoms with Gasteiger partial charge >= 0.3 is 34.5 Å². The summed E-state index contributed by atoms with van der Waals surface area (Å²) in [7, 11) is -15.8. The number of aliphatic hydroxyl groups excluding tert-OH is 1. The quantitative estimate of drug-likeness (QED) is 0.0257. The van der Waals surface area contributed by atoms with E-state index in [4.69, 9.17) is 153 Å². The zero-order chi connectivity index (χ0) is 85.2. The highest BCUT2D eigenvalue weighted by Crippen LogP contribution is 2.30. The topological polar surface area (TPSA) is 316 Å². The maximum absolute atomic E-state index is 8.62. The number of ether oxygens (including phenoxy) is 24. The fourth-order valence-electron chi connectivity index (χ4n) is 9.86. The summed E-state index contributed by atoms with van der Waals surface area (Å²) in [5.41, 5.74) is 0. The Bertz CT molecular complexity index is 1940. The molecule has 688 valence electrons. The molecule has 0 aliphatic heterocycles. The maximum atomic E-state index is 8.62. The van der Waals surface area contributed by atoms with Crippen molar-refractivity contribution in [1.29, 1.82) is 0 Å². The first kappa shape index (κ1) is 116. The summed E-state index contributed by atoms with van der Waals surface area (Å²) in [5, 5.41) is 8.62. The largest absolute Gasteiger partial charge is 0.470 e. The highest BCUT2D eigenvalue weighted by Gasteiger charge is 2.53. The first-order chi connectivity index (χ1) is 54.1. The molecule has 0 saturated heterocycles. The number of aliphatic hydroxyl groups is 1. The first-order valence-electron chi connectivity index (χ1n) is 41.2. The highest BCUT2D eigenvalue weighted by molar-refractivity contribution is 6.92. The number of hydrogen-bond acceptors (Lipinski definition) is 33. The van der Waals surface area contributed by atoms with E-state index in [0.717, 1.165) is 13.0 Å². The molecule has 33 nitrogen and oxygen atoms in total. The molecule has 0 rings (SSSR count). The molecule has 40 heteroatoms. The molecule has 1 N–H and O–H groups in total. The standard InChI is InChI=1S/C58H118O27.C16H48O6Si7/c1-7-9-79-54(2)49-81-55(3)50-82-56(4)51-83-58(6)53-85-84-52-57(5)80-48-47-78-46-45-77-44-43-76-42-41-75-40-39-74-38-37-73-36-35-72-34-33-71-32-31-70-30-29-69-28-27-68-26-25-67-24-23-66-22-21-65-20-19-64-18-17-63-16-15-62-14-13-61-12-11-60-10-8-59;1-23(2,3)17-26(10,11)20-29(16,21-27(12,13)18-24(4,5)6)22-28(14,15)19-25(7,8)9/h54-59H,7-53H2,1-6H3;1-16H3. The van der Waals surface area contributed by atoms with Gasteiger partial charge < -0.3 is 143 Å². The lowest BCUT2D eigenvalue weighted by Crippen LogP contribution is -2.64. The van der Waals surface area contributed by atoms with Gasteiger partial charge in [0.2, 0.25) is 0 Å². The molecular weight excluding hydrogens is 1610 g/mol. The van der Waals surface area contributed by atoms with Gasteiger partial charge in [-0.3, -0.25) is 0 Å². The van der Waals surface area contributed by atoms with Crippen molar-refractivity contribution in [2.45, 2.75) is 183 Å². The zero-order valence-corrected chi connectivity index (χ0v) is 82.1. The van der Waals surface area contributed by atoms with Crippen molar-refractivity contribution in [3.8, 4) is 0 Å². The Morgan fingerprint density at radius 1 is 0.193 bits per heavy atom. The van der Waals surface area contributed by atoms with Crippen molar-refractivity contribution in [3.63, 3.8) is 0 Å². The molecule has 0 saturated carbocycles. The second-order valence-corrected chi connectivity index (χ2v) is 58.4. The third-order valence-corrected chi connectivity index (χ3v) is 37.2. The van der Waals surface area contributed by atoms with Gasteiger partial charge in [-0.1, -0.05) is 6.92 Å². The van der Waals surface area contributed by atoms with Crippen molar-refractivity contribution in [1.82, 2.24) is 0 Å². The monoisotopic (exact) mass is 1780 g/mol. The lowest BCUT2D eigenvalue weighted by molar-refractivity contribution is -0.317. The minimum absolute atomic E-state index is 0.0173. The van der Waals surface area contributed by atoms with Crippen molar-refractivity contribution in [2.24, 2.45) is 0 Å². The van der Waals surface area contributed by atoms with Crippen LogP contribution in [0, 0.1) is 0 Å². The van der Waals surface area contributed by atoms with Gasteiger partial charge in [0.15, 0.2) is 25.0 Å². The maximum Gasteiger partial charge on any atom is 0.470 e. The smallest absolute Gasteiger partial charge is 0.437 e. The van der Waals surface area contributed by atoms with Crippen LogP contribution in [0.3, 0.4) is 0 Å². The average molecular weight is 1780 g/mol. The van der Waals surface area contributed by atoms with Crippen LogP contribution in [0.1, 0.15) is 48.0 Å². The fourth-order valence-corrected chi connectivity index (χ4v) is 41.5. The summed E-state index contributed by atoms with van der Waals surface area (Å²) in [6.07, 6.45) is 0.643. The number of hydrogen-bond donors (Lipinski definition) is 1. The van der Waals surface area contributed by atoms with Gasteiger partial charge in [-0.25, -0.2) is 9.78 Å². The summed E-state index contributed by atoms with van der Waals surface area (Å²) in [6.45, 7) is 67.5. The van der Waals surface area contributed by atoms with Crippen LogP contribution in [0.15, 0.2) is 0 Å². The van der Waals surface area contributed by atoms with E-state index in [1.165, 1.54) is 0 Å². The van der Waals surface area contributed by atoms with Crippen LogP contribution in [0.2, 0.25) is 105 Å². The van der Waals surface area contributed by atoms with Crippen molar-refractivity contribution in [3.05, 3.63) is 0 Å². The van der Waals surface area contributed by atoms with Crippen LogP contribution < -0.4 is 0 Å². The van der Waals surface area contributed by atoms with Gasteiger partial charge in [0, 0.05) is 13.2 Å². The summed E-state index contributed by atoms with van der Waals surface area (Å²) < 4.78 is 172. The minimum atomic E-state index is -3.08. The van der Waals surface area contributed by atoms with Crippen LogP contribution in [0.5, 0.6) is 0 Å². The Labute approximate surface area is 696 Å². The average Bonchev–Trinajstić information content (AvgIpc) is 0.792. The van der Waals surface area contributed by atoms with E-state index in [9.17, 15) is 0 Å². The minimum Gasteiger partial charge on any atom is -0.437 e. The molecule has 114 heavy (non-hydrogen) atoms. The summed E-state index contributed by atoms with van der Waals surface area (Å²) in [5.74, 6) is 0. The molecule has 0 spiro atoms. The van der Waals surface area contributed by atoms with Gasteiger partial charge in [-0.05, 0) is 139 Å². The summed E-state index contributed by atoms with van der Waals surface area (Å²) in [4.78, 5) is 10.6. The van der Waals surface area contributed by atoms with E-state index in [1.54, 1.807) is 0 Å². The molecular formula is C74H166O33Si7. The van der Waals surface area contributed by atoms with Crippen LogP contribution in [-0.4, -0.2) is 399 Å².